The van der Waals surface area contributed by atoms with Crippen molar-refractivity contribution in [1.29, 1.82) is 0 Å². The van der Waals surface area contributed by atoms with Crippen molar-refractivity contribution in [2.75, 3.05) is 0 Å². The highest BCUT2D eigenvalue weighted by molar-refractivity contribution is 6.12. The van der Waals surface area contributed by atoms with Crippen LogP contribution < -0.4 is 0 Å². The minimum absolute atomic E-state index is 0.687. The molecule has 0 N–H and O–H groups in total. The molecule has 7 aromatic carbocycles. The van der Waals surface area contributed by atoms with Crippen LogP contribution in [0.4, 0.5) is 0 Å². The second-order valence-electron chi connectivity index (χ2n) is 12.3. The van der Waals surface area contributed by atoms with Gasteiger partial charge in [-0.3, -0.25) is 0 Å². The van der Waals surface area contributed by atoms with E-state index in [1.807, 2.05) is 41.1 Å². The Balaban J connectivity index is 1.26. The lowest BCUT2D eigenvalue weighted by Crippen LogP contribution is -2.04. The molecule has 0 spiro atoms. The molecule has 0 atom stereocenters. The molecule has 0 aliphatic carbocycles. The topological polar surface area (TPSA) is 40.6 Å². The van der Waals surface area contributed by atoms with E-state index < -0.39 is 0 Å². The zero-order valence-corrected chi connectivity index (χ0v) is 26.5. The van der Waals surface area contributed by atoms with Crippen LogP contribution in [0.25, 0.3) is 83.4 Å². The predicted octanol–water partition coefficient (Wildman–Crippen LogP) is 10.8. The van der Waals surface area contributed by atoms with E-state index in [2.05, 4.69) is 149 Å². The first kappa shape index (κ1) is 27.4. The van der Waals surface area contributed by atoms with Crippen molar-refractivity contribution < 1.29 is 0 Å². The van der Waals surface area contributed by atoms with Gasteiger partial charge >= 0.3 is 0 Å². The van der Waals surface area contributed by atoms with E-state index >= 15 is 0 Å². The highest BCUT2D eigenvalue weighted by atomic mass is 15.4. The largest absolute Gasteiger partial charge is 0.309 e. The lowest BCUT2D eigenvalue weighted by atomic mass is 10.1. The lowest BCUT2D eigenvalue weighted by molar-refractivity contribution is 0.892. The fourth-order valence-electron chi connectivity index (χ4n) is 7.38. The van der Waals surface area contributed by atoms with Gasteiger partial charge in [-0.2, -0.15) is 0 Å². The fraction of sp³-hybridized carbons (Fsp3) is 0. The van der Waals surface area contributed by atoms with Gasteiger partial charge in [0.25, 0.3) is 0 Å². The summed E-state index contributed by atoms with van der Waals surface area (Å²) in [6.07, 6.45) is 0. The number of hydrogen-bond acceptors (Lipinski definition) is 2. The molecule has 3 heterocycles. The number of aromatic nitrogens is 5. The van der Waals surface area contributed by atoms with E-state index in [1.54, 1.807) is 0 Å². The summed E-state index contributed by atoms with van der Waals surface area (Å²) in [5.41, 5.74) is 9.70. The highest BCUT2D eigenvalue weighted by Crippen LogP contribution is 2.38. The maximum atomic E-state index is 5.20. The van der Waals surface area contributed by atoms with Crippen molar-refractivity contribution in [3.8, 4) is 39.8 Å². The first-order valence-electron chi connectivity index (χ1n) is 16.5. The number of para-hydroxylation sites is 4. The number of nitrogens with zero attached hydrogens (tertiary/aromatic N) is 5. The Labute approximate surface area is 282 Å². The summed E-state index contributed by atoms with van der Waals surface area (Å²) < 4.78 is 6.78. The molecule has 0 saturated carbocycles. The zero-order chi connectivity index (χ0) is 32.3. The minimum atomic E-state index is 0.687. The molecule has 0 bridgehead atoms. The molecule has 0 fully saturated rings. The van der Waals surface area contributed by atoms with Gasteiger partial charge in [-0.25, -0.2) is 9.67 Å². The van der Waals surface area contributed by atoms with E-state index in [-0.39, 0.29) is 0 Å². The Bertz CT molecular complexity index is 2770. The molecule has 5 nitrogen and oxygen atoms in total. The number of fused-ring (bicyclic) bond motifs is 6. The third-order valence-electron chi connectivity index (χ3n) is 9.50. The van der Waals surface area contributed by atoms with E-state index in [4.69, 9.17) is 10.1 Å². The standard InChI is InChI=1S/C44H29N5/c1-3-15-30(16-4-1)43-45-44(31-17-5-2-6-18-31)49(46-43)41-28-14-24-37-36-23-9-12-27-40(36)48(42(37)41)33-20-13-19-32(29-33)47-38-25-10-7-21-34(38)35-22-8-11-26-39(35)47/h1-29H. The van der Waals surface area contributed by atoms with Gasteiger partial charge in [0.1, 0.15) is 0 Å². The van der Waals surface area contributed by atoms with Crippen LogP contribution in [0.3, 0.4) is 0 Å². The number of hydrogen-bond donors (Lipinski definition) is 0. The maximum Gasteiger partial charge on any atom is 0.182 e. The molecule has 3 aromatic heterocycles. The van der Waals surface area contributed by atoms with Gasteiger partial charge in [-0.1, -0.05) is 133 Å². The van der Waals surface area contributed by atoms with E-state index in [0.717, 1.165) is 50.4 Å². The average Bonchev–Trinajstić information content (AvgIpc) is 3.87. The van der Waals surface area contributed by atoms with Crippen molar-refractivity contribution in [2.45, 2.75) is 0 Å². The van der Waals surface area contributed by atoms with Crippen LogP contribution in [0.15, 0.2) is 176 Å². The van der Waals surface area contributed by atoms with Crippen molar-refractivity contribution in [3.63, 3.8) is 0 Å². The van der Waals surface area contributed by atoms with Crippen LogP contribution in [0.5, 0.6) is 0 Å². The van der Waals surface area contributed by atoms with Crippen LogP contribution in [0.2, 0.25) is 0 Å². The van der Waals surface area contributed by atoms with Crippen molar-refractivity contribution in [1.82, 2.24) is 23.9 Å². The average molecular weight is 628 g/mol. The molecule has 5 heteroatoms. The second-order valence-corrected chi connectivity index (χ2v) is 12.3. The van der Waals surface area contributed by atoms with Gasteiger partial charge in [-0.05, 0) is 42.5 Å². The van der Waals surface area contributed by atoms with E-state index in [1.165, 1.54) is 27.2 Å². The maximum absolute atomic E-state index is 5.20. The quantitative estimate of drug-likeness (QED) is 0.190. The van der Waals surface area contributed by atoms with Gasteiger partial charge in [0.2, 0.25) is 0 Å². The third kappa shape index (κ3) is 4.26. The number of benzene rings is 7. The third-order valence-corrected chi connectivity index (χ3v) is 9.50. The molecule has 0 aliphatic rings. The van der Waals surface area contributed by atoms with Crippen molar-refractivity contribution in [2.24, 2.45) is 0 Å². The Morgan fingerprint density at radius 3 is 1.53 bits per heavy atom. The monoisotopic (exact) mass is 627 g/mol. The molecule has 49 heavy (non-hydrogen) atoms. The van der Waals surface area contributed by atoms with Crippen molar-refractivity contribution in [3.05, 3.63) is 176 Å². The summed E-state index contributed by atoms with van der Waals surface area (Å²) in [7, 11) is 0. The Morgan fingerprint density at radius 2 is 0.878 bits per heavy atom. The Hall–Kier alpha value is -6.72. The predicted molar refractivity (Wildman–Crippen MR) is 201 cm³/mol. The van der Waals surface area contributed by atoms with Gasteiger partial charge in [-0.15, -0.1) is 5.10 Å². The number of rotatable bonds is 5. The smallest absolute Gasteiger partial charge is 0.182 e. The molecular weight excluding hydrogens is 599 g/mol. The van der Waals surface area contributed by atoms with E-state index in [0.29, 0.717) is 5.82 Å². The molecule has 10 aromatic rings. The van der Waals surface area contributed by atoms with Gasteiger partial charge in [0, 0.05) is 44.0 Å². The molecule has 0 radical (unpaired) electrons. The molecular formula is C44H29N5. The normalized spacial score (nSPS) is 11.7. The molecule has 0 amide bonds. The Morgan fingerprint density at radius 1 is 0.388 bits per heavy atom. The highest BCUT2D eigenvalue weighted by Gasteiger charge is 2.22. The molecule has 0 unspecified atom stereocenters. The molecule has 0 aliphatic heterocycles. The molecule has 230 valence electrons. The molecule has 0 saturated heterocycles. The van der Waals surface area contributed by atoms with Crippen LogP contribution >= 0.6 is 0 Å². The van der Waals surface area contributed by atoms with Crippen molar-refractivity contribution >= 4 is 43.6 Å². The summed E-state index contributed by atoms with van der Waals surface area (Å²) in [5, 5.41) is 10.0. The minimum Gasteiger partial charge on any atom is -0.309 e. The summed E-state index contributed by atoms with van der Waals surface area (Å²) in [5.74, 6) is 1.48. The summed E-state index contributed by atoms with van der Waals surface area (Å²) in [6.45, 7) is 0. The Kier molecular flexibility index (Phi) is 6.11. The van der Waals surface area contributed by atoms with Crippen LogP contribution in [0, 0.1) is 0 Å². The zero-order valence-electron chi connectivity index (χ0n) is 26.5. The first-order valence-corrected chi connectivity index (χ1v) is 16.5. The summed E-state index contributed by atoms with van der Waals surface area (Å²) >= 11 is 0. The first-order chi connectivity index (χ1) is 24.3. The van der Waals surface area contributed by atoms with Gasteiger partial charge < -0.3 is 9.13 Å². The summed E-state index contributed by atoms with van der Waals surface area (Å²) in [6, 6.07) is 61.9. The lowest BCUT2D eigenvalue weighted by Gasteiger charge is -2.15. The SMILES string of the molecule is c1ccc(-c2nc(-c3ccccc3)n(-c3cccc4c5ccccc5n(-c5cccc(-n6c7ccccc7c7ccccc76)c5)c34)n2)cc1. The second kappa shape index (κ2) is 10.9. The van der Waals surface area contributed by atoms with E-state index in [9.17, 15) is 0 Å². The molecule has 10 rings (SSSR count). The van der Waals surface area contributed by atoms with Gasteiger partial charge in [0.15, 0.2) is 11.6 Å². The van der Waals surface area contributed by atoms with Crippen LogP contribution in [-0.4, -0.2) is 23.9 Å². The fourth-order valence-corrected chi connectivity index (χ4v) is 7.38. The van der Waals surface area contributed by atoms with Crippen LogP contribution in [0.1, 0.15) is 0 Å². The summed E-state index contributed by atoms with van der Waals surface area (Å²) in [4.78, 5) is 5.14. The van der Waals surface area contributed by atoms with Gasteiger partial charge in [0.05, 0.1) is 27.8 Å². The van der Waals surface area contributed by atoms with Crippen LogP contribution in [-0.2, 0) is 0 Å².